The van der Waals surface area contributed by atoms with E-state index in [0.29, 0.717) is 0 Å². The summed E-state index contributed by atoms with van der Waals surface area (Å²) >= 11 is 8.61. The third-order valence-electron chi connectivity index (χ3n) is 1.68. The van der Waals surface area contributed by atoms with Gasteiger partial charge in [0.05, 0.1) is 6.42 Å². The van der Waals surface area contributed by atoms with Gasteiger partial charge in [0.15, 0.2) is 0 Å². The lowest BCUT2D eigenvalue weighted by Crippen LogP contribution is -2.17. The van der Waals surface area contributed by atoms with Crippen LogP contribution in [0.3, 0.4) is 0 Å². The average Bonchev–Trinajstić information content (AvgIpc) is 2.08. The topological polar surface area (TPSA) is 46.5 Å². The first-order valence-corrected chi connectivity index (χ1v) is 5.31. The zero-order valence-electron chi connectivity index (χ0n) is 8.02. The van der Waals surface area contributed by atoms with Gasteiger partial charge in [0, 0.05) is 9.50 Å². The Morgan fingerprint density at radius 3 is 2.47 bits per heavy atom. The van der Waals surface area contributed by atoms with Crippen molar-refractivity contribution < 1.29 is 27.8 Å². The van der Waals surface area contributed by atoms with Crippen LogP contribution in [0.4, 0.5) is 13.2 Å². The van der Waals surface area contributed by atoms with Gasteiger partial charge in [-0.15, -0.1) is 13.2 Å². The van der Waals surface area contributed by atoms with Crippen LogP contribution >= 0.6 is 27.5 Å². The lowest BCUT2D eigenvalue weighted by Gasteiger charge is -2.11. The summed E-state index contributed by atoms with van der Waals surface area (Å²) in [6, 6.07) is 1.93. The monoisotopic (exact) mass is 332 g/mol. The Morgan fingerprint density at radius 2 is 2.06 bits per heavy atom. The van der Waals surface area contributed by atoms with Crippen molar-refractivity contribution in [2.45, 2.75) is 12.8 Å². The highest BCUT2D eigenvalue weighted by Crippen LogP contribution is 2.33. The molecule has 0 amide bonds. The Bertz CT molecular complexity index is 425. The molecular weight excluding hydrogens is 328 g/mol. The molecule has 8 heteroatoms. The molecule has 1 aromatic carbocycles. The minimum atomic E-state index is -4.82. The van der Waals surface area contributed by atoms with E-state index in [1.54, 1.807) is 0 Å². The van der Waals surface area contributed by atoms with Crippen molar-refractivity contribution in [2.75, 3.05) is 0 Å². The molecule has 1 N–H and O–H groups in total. The van der Waals surface area contributed by atoms with Crippen molar-refractivity contribution >= 4 is 33.5 Å². The fraction of sp³-hybridized carbons (Fsp3) is 0.222. The summed E-state index contributed by atoms with van der Waals surface area (Å²) in [5.41, 5.74) is 0.189. The van der Waals surface area contributed by atoms with Crippen molar-refractivity contribution in [3.8, 4) is 5.75 Å². The van der Waals surface area contributed by atoms with Gasteiger partial charge in [-0.2, -0.15) is 0 Å². The molecule has 0 spiro atoms. The van der Waals surface area contributed by atoms with E-state index in [-0.39, 0.29) is 15.1 Å². The number of alkyl halides is 3. The van der Waals surface area contributed by atoms with Gasteiger partial charge in [0.2, 0.25) is 0 Å². The van der Waals surface area contributed by atoms with Crippen LogP contribution in [0.1, 0.15) is 5.56 Å². The Labute approximate surface area is 107 Å². The zero-order valence-corrected chi connectivity index (χ0v) is 10.4. The van der Waals surface area contributed by atoms with Crippen molar-refractivity contribution in [3.05, 3.63) is 27.2 Å². The molecule has 0 fully saturated rings. The summed E-state index contributed by atoms with van der Waals surface area (Å²) in [4.78, 5) is 10.5. The summed E-state index contributed by atoms with van der Waals surface area (Å²) in [6.07, 6.45) is -5.22. The van der Waals surface area contributed by atoms with Crippen molar-refractivity contribution in [1.82, 2.24) is 0 Å². The van der Waals surface area contributed by atoms with Crippen LogP contribution in [0.2, 0.25) is 5.02 Å². The number of aliphatic carboxylic acids is 1. The predicted molar refractivity (Wildman–Crippen MR) is 57.2 cm³/mol. The van der Waals surface area contributed by atoms with E-state index in [1.807, 2.05) is 0 Å². The third kappa shape index (κ3) is 4.43. The molecule has 17 heavy (non-hydrogen) atoms. The van der Waals surface area contributed by atoms with Crippen LogP contribution < -0.4 is 4.74 Å². The van der Waals surface area contributed by atoms with Gasteiger partial charge in [0.25, 0.3) is 0 Å². The molecule has 0 aromatic heterocycles. The average molecular weight is 333 g/mol. The summed E-state index contributed by atoms with van der Waals surface area (Å²) in [5, 5.41) is 8.47. The number of hydrogen-bond donors (Lipinski definition) is 1. The Morgan fingerprint density at radius 1 is 1.47 bits per heavy atom. The SMILES string of the molecule is O=C(O)Cc1c(Cl)cc(OC(F)(F)F)cc1Br. The fourth-order valence-corrected chi connectivity index (χ4v) is 2.06. The van der Waals surface area contributed by atoms with Gasteiger partial charge in [-0.05, 0) is 17.7 Å². The Hall–Kier alpha value is -0.950. The van der Waals surface area contributed by atoms with Gasteiger partial charge in [-0.1, -0.05) is 27.5 Å². The number of carbonyl (C=O) groups is 1. The second-order valence-electron chi connectivity index (χ2n) is 2.98. The molecule has 0 aliphatic carbocycles. The molecule has 1 rings (SSSR count). The predicted octanol–water partition coefficient (Wildman–Crippen LogP) is 3.63. The molecule has 94 valence electrons. The number of carboxylic acid groups (broad SMARTS) is 1. The van der Waals surface area contributed by atoms with Crippen LogP contribution in [0.15, 0.2) is 16.6 Å². The minimum absolute atomic E-state index is 0.110. The molecule has 0 radical (unpaired) electrons. The molecule has 0 atom stereocenters. The first-order valence-electron chi connectivity index (χ1n) is 4.14. The first-order chi connectivity index (χ1) is 7.69. The third-order valence-corrected chi connectivity index (χ3v) is 2.72. The molecule has 0 aliphatic rings. The summed E-state index contributed by atoms with van der Waals surface area (Å²) in [7, 11) is 0. The van der Waals surface area contributed by atoms with Gasteiger partial charge in [-0.25, -0.2) is 0 Å². The van der Waals surface area contributed by atoms with Gasteiger partial charge >= 0.3 is 12.3 Å². The first kappa shape index (κ1) is 14.1. The second-order valence-corrected chi connectivity index (χ2v) is 4.25. The molecular formula is C9H5BrClF3O3. The van der Waals surface area contributed by atoms with Crippen LogP contribution in [-0.2, 0) is 11.2 Å². The Kier molecular flexibility index (Phi) is 4.26. The second kappa shape index (κ2) is 5.14. The van der Waals surface area contributed by atoms with Gasteiger partial charge < -0.3 is 9.84 Å². The van der Waals surface area contributed by atoms with E-state index in [4.69, 9.17) is 16.7 Å². The highest BCUT2D eigenvalue weighted by atomic mass is 79.9. The molecule has 3 nitrogen and oxygen atoms in total. The van der Waals surface area contributed by atoms with E-state index in [0.717, 1.165) is 12.1 Å². The summed E-state index contributed by atoms with van der Waals surface area (Å²) < 4.78 is 39.6. The van der Waals surface area contributed by atoms with Gasteiger partial charge in [-0.3, -0.25) is 4.79 Å². The highest BCUT2D eigenvalue weighted by molar-refractivity contribution is 9.10. The zero-order chi connectivity index (χ0) is 13.2. The molecule has 0 aliphatic heterocycles. The normalized spacial score (nSPS) is 11.4. The van der Waals surface area contributed by atoms with Crippen molar-refractivity contribution in [3.63, 3.8) is 0 Å². The lowest BCUT2D eigenvalue weighted by atomic mass is 10.1. The molecule has 0 unspecified atom stereocenters. The standard InChI is InChI=1S/C9H5BrClF3O3/c10-6-1-4(17-9(12,13)14)2-7(11)5(6)3-8(15)16/h1-2H,3H2,(H,15,16). The van der Waals surface area contributed by atoms with Crippen LogP contribution in [-0.4, -0.2) is 17.4 Å². The summed E-state index contributed by atoms with van der Waals surface area (Å²) in [5.74, 6) is -1.65. The van der Waals surface area contributed by atoms with Crippen molar-refractivity contribution in [2.24, 2.45) is 0 Å². The number of carboxylic acids is 1. The summed E-state index contributed by atoms with van der Waals surface area (Å²) in [6.45, 7) is 0. The largest absolute Gasteiger partial charge is 0.573 e. The maximum Gasteiger partial charge on any atom is 0.573 e. The minimum Gasteiger partial charge on any atom is -0.481 e. The lowest BCUT2D eigenvalue weighted by molar-refractivity contribution is -0.274. The van der Waals surface area contributed by atoms with Crippen LogP contribution in [0.5, 0.6) is 5.75 Å². The number of ether oxygens (including phenoxy) is 1. The number of halogens is 5. The number of rotatable bonds is 3. The Balaban J connectivity index is 3.05. The smallest absolute Gasteiger partial charge is 0.481 e. The van der Waals surface area contributed by atoms with E-state index < -0.39 is 24.5 Å². The van der Waals surface area contributed by atoms with E-state index in [1.165, 1.54) is 0 Å². The molecule has 0 heterocycles. The highest BCUT2D eigenvalue weighted by Gasteiger charge is 2.31. The van der Waals surface area contributed by atoms with Crippen LogP contribution in [0.25, 0.3) is 0 Å². The fourth-order valence-electron chi connectivity index (χ4n) is 1.09. The van der Waals surface area contributed by atoms with E-state index >= 15 is 0 Å². The van der Waals surface area contributed by atoms with Gasteiger partial charge in [0.1, 0.15) is 5.75 Å². The maximum atomic E-state index is 11.9. The maximum absolute atomic E-state index is 11.9. The number of hydrogen-bond acceptors (Lipinski definition) is 2. The van der Waals surface area contributed by atoms with Crippen LogP contribution in [0, 0.1) is 0 Å². The molecule has 0 saturated heterocycles. The molecule has 1 aromatic rings. The van der Waals surface area contributed by atoms with E-state index in [2.05, 4.69) is 20.7 Å². The quantitative estimate of drug-likeness (QED) is 0.919. The molecule has 0 bridgehead atoms. The van der Waals surface area contributed by atoms with Crippen molar-refractivity contribution in [1.29, 1.82) is 0 Å². The molecule has 0 saturated carbocycles. The number of benzene rings is 1. The van der Waals surface area contributed by atoms with E-state index in [9.17, 15) is 18.0 Å².